The zero-order chi connectivity index (χ0) is 13.2. The predicted molar refractivity (Wildman–Crippen MR) is 83.7 cm³/mol. The number of fused-ring (bicyclic) bond motifs is 1. The Balaban J connectivity index is 0.000000141. The summed E-state index contributed by atoms with van der Waals surface area (Å²) in [4.78, 5) is 4.18. The first-order chi connectivity index (χ1) is 9.47. The second kappa shape index (κ2) is 8.01. The molecule has 19 heavy (non-hydrogen) atoms. The minimum absolute atomic E-state index is 1.06. The quantitative estimate of drug-likeness (QED) is 0.550. The predicted octanol–water partition coefficient (Wildman–Crippen LogP) is 5.11. The highest BCUT2D eigenvalue weighted by Gasteiger charge is 1.86. The average Bonchev–Trinajstić information content (AvgIpc) is 2.64. The summed E-state index contributed by atoms with van der Waals surface area (Å²) < 4.78 is 0. The van der Waals surface area contributed by atoms with Crippen molar-refractivity contribution in [1.82, 2.24) is 4.98 Å². The Morgan fingerprint density at radius 2 is 1.26 bits per heavy atom. The van der Waals surface area contributed by atoms with Crippen LogP contribution in [-0.2, 0) is 0 Å². The summed E-state index contributed by atoms with van der Waals surface area (Å²) in [6, 6.07) is 24.2. The zero-order valence-electron chi connectivity index (χ0n) is 10.5. The first-order valence-corrected chi connectivity index (χ1v) is 7.01. The molecule has 3 rings (SSSR count). The highest BCUT2D eigenvalue weighted by atomic mass is 32.1. The van der Waals surface area contributed by atoms with E-state index in [2.05, 4.69) is 17.1 Å². The molecule has 0 radical (unpaired) electrons. The number of pyridine rings is 1. The second-order valence-corrected chi connectivity index (χ2v) is 4.58. The maximum absolute atomic E-state index is 4.18. The lowest BCUT2D eigenvalue weighted by atomic mass is 10.2. The lowest BCUT2D eigenvalue weighted by Crippen LogP contribution is -1.73. The van der Waals surface area contributed by atoms with Gasteiger partial charge in [0.1, 0.15) is 0 Å². The van der Waals surface area contributed by atoms with Crippen LogP contribution in [-0.4, -0.2) is 4.98 Å². The summed E-state index contributed by atoms with van der Waals surface area (Å²) in [6.07, 6.45) is 1.81. The van der Waals surface area contributed by atoms with Gasteiger partial charge in [0, 0.05) is 11.6 Å². The summed E-state index contributed by atoms with van der Waals surface area (Å²) in [7, 11) is 0. The van der Waals surface area contributed by atoms with Gasteiger partial charge in [-0.1, -0.05) is 60.7 Å². The highest BCUT2D eigenvalue weighted by Crippen LogP contribution is 2.07. The van der Waals surface area contributed by atoms with E-state index in [9.17, 15) is 0 Å². The number of hydrogen-bond acceptors (Lipinski definition) is 2. The summed E-state index contributed by atoms with van der Waals surface area (Å²) in [5.41, 5.74) is 1.06. The molecule has 0 saturated heterocycles. The van der Waals surface area contributed by atoms with Crippen molar-refractivity contribution < 1.29 is 0 Å². The van der Waals surface area contributed by atoms with Gasteiger partial charge in [-0.15, -0.1) is 0 Å². The molecule has 0 N–H and O–H groups in total. The number of aromatic nitrogens is 1. The Morgan fingerprint density at radius 1 is 0.632 bits per heavy atom. The summed E-state index contributed by atoms with van der Waals surface area (Å²) in [5.74, 6) is 0. The number of para-hydroxylation sites is 1. The number of benzene rings is 1. The van der Waals surface area contributed by atoms with Gasteiger partial charge in [-0.05, 0) is 22.9 Å². The molecule has 2 aromatic heterocycles. The van der Waals surface area contributed by atoms with E-state index >= 15 is 0 Å². The number of nitrogens with zero attached hydrogens (tertiary/aromatic N) is 1. The van der Waals surface area contributed by atoms with Crippen molar-refractivity contribution in [2.45, 2.75) is 0 Å². The van der Waals surface area contributed by atoms with Gasteiger partial charge in [-0.3, -0.25) is 4.98 Å². The fourth-order valence-electron chi connectivity index (χ4n) is 1.50. The van der Waals surface area contributed by atoms with Gasteiger partial charge in [-0.2, -0.15) is 11.3 Å². The average molecular weight is 265 g/mol. The van der Waals surface area contributed by atoms with Crippen LogP contribution in [0.25, 0.3) is 10.9 Å². The van der Waals surface area contributed by atoms with Crippen molar-refractivity contribution in [3.63, 3.8) is 0 Å². The monoisotopic (exact) mass is 265 g/mol. The van der Waals surface area contributed by atoms with Crippen LogP contribution in [0.5, 0.6) is 0 Å². The molecule has 0 unspecified atom stereocenters. The van der Waals surface area contributed by atoms with Gasteiger partial charge in [0.2, 0.25) is 0 Å². The molecule has 0 aliphatic carbocycles. The molecule has 94 valence electrons. The highest BCUT2D eigenvalue weighted by molar-refractivity contribution is 7.07. The van der Waals surface area contributed by atoms with E-state index in [0.717, 1.165) is 5.52 Å². The molecule has 2 heteroatoms. The van der Waals surface area contributed by atoms with Crippen LogP contribution in [0.3, 0.4) is 0 Å². The molecule has 0 spiro atoms. The van der Waals surface area contributed by atoms with Crippen LogP contribution in [0, 0.1) is 0 Å². The Morgan fingerprint density at radius 3 is 2.00 bits per heavy atom. The van der Waals surface area contributed by atoms with Crippen molar-refractivity contribution in [1.29, 1.82) is 0 Å². The van der Waals surface area contributed by atoms with E-state index in [0.29, 0.717) is 0 Å². The number of rotatable bonds is 0. The molecule has 2 heterocycles. The van der Waals surface area contributed by atoms with E-state index in [1.54, 1.807) is 11.3 Å². The minimum Gasteiger partial charge on any atom is -0.256 e. The van der Waals surface area contributed by atoms with Crippen molar-refractivity contribution in [3.05, 3.63) is 89.8 Å². The molecular weight excluding hydrogens is 250 g/mol. The van der Waals surface area contributed by atoms with Crippen molar-refractivity contribution in [2.75, 3.05) is 0 Å². The minimum atomic E-state index is 1.06. The first-order valence-electron chi connectivity index (χ1n) is 6.07. The third-order valence-corrected chi connectivity index (χ3v) is 3.01. The van der Waals surface area contributed by atoms with Crippen molar-refractivity contribution in [3.8, 4) is 0 Å². The largest absolute Gasteiger partial charge is 0.256 e. The maximum atomic E-state index is 4.18. The third kappa shape index (κ3) is 4.90. The van der Waals surface area contributed by atoms with E-state index in [1.165, 1.54) is 5.39 Å². The topological polar surface area (TPSA) is 12.9 Å². The molecule has 0 atom stereocenters. The fourth-order valence-corrected chi connectivity index (χ4v) is 1.95. The van der Waals surface area contributed by atoms with E-state index in [1.807, 2.05) is 77.6 Å². The van der Waals surface area contributed by atoms with Crippen LogP contribution >= 0.6 is 11.3 Å². The van der Waals surface area contributed by atoms with Gasteiger partial charge >= 0.3 is 0 Å². The van der Waals surface area contributed by atoms with Gasteiger partial charge in [-0.25, -0.2) is 0 Å². The lowest BCUT2D eigenvalue weighted by Gasteiger charge is -1.91. The molecule has 0 aliphatic heterocycles. The lowest BCUT2D eigenvalue weighted by molar-refractivity contribution is 1.41. The van der Waals surface area contributed by atoms with Crippen LogP contribution in [0.1, 0.15) is 0 Å². The van der Waals surface area contributed by atoms with Gasteiger partial charge in [0.25, 0.3) is 0 Å². The van der Waals surface area contributed by atoms with E-state index < -0.39 is 0 Å². The smallest absolute Gasteiger partial charge is 0.0701 e. The molecule has 0 saturated carbocycles. The maximum Gasteiger partial charge on any atom is 0.0701 e. The molecule has 0 amide bonds. The third-order valence-electron chi connectivity index (χ3n) is 2.38. The van der Waals surface area contributed by atoms with Gasteiger partial charge in [0.05, 0.1) is 5.52 Å². The Bertz CT molecular complexity index is 519. The number of hydrogen-bond donors (Lipinski definition) is 0. The van der Waals surface area contributed by atoms with Crippen molar-refractivity contribution >= 4 is 22.2 Å². The molecule has 0 aliphatic rings. The van der Waals surface area contributed by atoms with E-state index in [4.69, 9.17) is 0 Å². The molecule has 0 fully saturated rings. The normalized spacial score (nSPS) is 9.05. The van der Waals surface area contributed by atoms with Gasteiger partial charge < -0.3 is 0 Å². The molecule has 1 nitrogen and oxygen atoms in total. The summed E-state index contributed by atoms with van der Waals surface area (Å²) in [5, 5.41) is 5.28. The molecule has 3 aromatic rings. The summed E-state index contributed by atoms with van der Waals surface area (Å²) >= 11 is 1.68. The zero-order valence-corrected chi connectivity index (χ0v) is 11.3. The van der Waals surface area contributed by atoms with Crippen molar-refractivity contribution in [2.24, 2.45) is 0 Å². The van der Waals surface area contributed by atoms with Crippen LogP contribution < -0.4 is 0 Å². The Hall–Kier alpha value is -2.19. The second-order valence-electron chi connectivity index (χ2n) is 3.76. The molecular formula is C17H15NS. The Kier molecular flexibility index (Phi) is 5.58. The molecule has 0 bridgehead atoms. The SMILES string of the molecule is c1ccc2ncccc2c1.c1ccccsccc1. The first kappa shape index (κ1) is 13.2. The van der Waals surface area contributed by atoms with Gasteiger partial charge in [0.15, 0.2) is 0 Å². The standard InChI is InChI=1S/C9H7N.C8H8S/c1-2-6-9-8(4-1)5-3-7-10-9;1-2-4-6-8-9-7-5-3-1/h1-7H;1-8H. The Labute approximate surface area is 117 Å². The van der Waals surface area contributed by atoms with Crippen LogP contribution in [0.15, 0.2) is 89.8 Å². The van der Waals surface area contributed by atoms with Crippen LogP contribution in [0.2, 0.25) is 0 Å². The summed E-state index contributed by atoms with van der Waals surface area (Å²) in [6.45, 7) is 0. The van der Waals surface area contributed by atoms with E-state index in [-0.39, 0.29) is 0 Å². The fraction of sp³-hybridized carbons (Fsp3) is 0. The van der Waals surface area contributed by atoms with Crippen LogP contribution in [0.4, 0.5) is 0 Å². The molecule has 1 aromatic carbocycles.